The van der Waals surface area contributed by atoms with Crippen molar-refractivity contribution in [1.29, 1.82) is 0 Å². The van der Waals surface area contributed by atoms with Gasteiger partial charge in [0.25, 0.3) is 0 Å². The Morgan fingerprint density at radius 1 is 1.31 bits per heavy atom. The topological polar surface area (TPSA) is 48.5 Å². The highest BCUT2D eigenvalue weighted by atomic mass is 35.5. The molecule has 5 nitrogen and oxygen atoms in total. The van der Waals surface area contributed by atoms with E-state index >= 15 is 0 Å². The van der Waals surface area contributed by atoms with Gasteiger partial charge in [0.05, 0.1) is 16.1 Å². The Balaban J connectivity index is 1.68. The molecule has 0 spiro atoms. The highest BCUT2D eigenvalue weighted by molar-refractivity contribution is 7.10. The molecular formula is C21H24Cl2N4OS. The summed E-state index contributed by atoms with van der Waals surface area (Å²) >= 11 is 14.4. The van der Waals surface area contributed by atoms with Crippen LogP contribution in [0.15, 0.2) is 23.7 Å². The van der Waals surface area contributed by atoms with Gasteiger partial charge in [0.1, 0.15) is 0 Å². The fourth-order valence-corrected chi connectivity index (χ4v) is 4.34. The maximum Gasteiger partial charge on any atom is 0.317 e. The summed E-state index contributed by atoms with van der Waals surface area (Å²) in [6.45, 7) is 3.91. The number of amides is 2. The van der Waals surface area contributed by atoms with Crippen LogP contribution in [0, 0.1) is 11.8 Å². The molecule has 0 aliphatic carbocycles. The Bertz CT molecular complexity index is 915. The number of aromatic nitrogens is 1. The summed E-state index contributed by atoms with van der Waals surface area (Å²) in [5.41, 5.74) is 1.40. The number of rotatable bonds is 3. The molecule has 1 fully saturated rings. The molecule has 1 aromatic heterocycles. The van der Waals surface area contributed by atoms with E-state index in [9.17, 15) is 4.79 Å². The van der Waals surface area contributed by atoms with E-state index in [1.54, 1.807) is 11.1 Å². The van der Waals surface area contributed by atoms with Crippen molar-refractivity contribution in [2.24, 2.45) is 0 Å². The third kappa shape index (κ3) is 5.43. The van der Waals surface area contributed by atoms with Gasteiger partial charge in [-0.15, -0.1) is 11.3 Å². The van der Waals surface area contributed by atoms with Gasteiger partial charge < -0.3 is 15.1 Å². The molecule has 1 unspecified atom stereocenters. The summed E-state index contributed by atoms with van der Waals surface area (Å²) in [4.78, 5) is 20.9. The molecule has 1 atom stereocenters. The minimum absolute atomic E-state index is 0.105. The zero-order valence-electron chi connectivity index (χ0n) is 16.7. The van der Waals surface area contributed by atoms with Gasteiger partial charge in [-0.3, -0.25) is 0 Å². The predicted molar refractivity (Wildman–Crippen MR) is 120 cm³/mol. The molecule has 1 aromatic carbocycles. The van der Waals surface area contributed by atoms with Gasteiger partial charge in [-0.05, 0) is 57.5 Å². The standard InChI is InChI=1S/C21H24Cl2N4OS/c1-14(25-21(28)27(3)16-8-11-26(2)12-9-16)17-6-4-15(19(22)20(17)23)5-7-18-24-10-13-29-18/h4,6,10,13-14,16H,8-9,11-12H2,1-3H3,(H,25,28). The number of piperidine rings is 1. The van der Waals surface area contributed by atoms with Gasteiger partial charge in [-0.25, -0.2) is 9.78 Å². The van der Waals surface area contributed by atoms with Crippen molar-refractivity contribution in [2.75, 3.05) is 27.2 Å². The molecule has 8 heteroatoms. The van der Waals surface area contributed by atoms with Crippen LogP contribution in [0.25, 0.3) is 0 Å². The molecule has 1 aliphatic rings. The number of nitrogens with zero attached hydrogens (tertiary/aromatic N) is 3. The minimum Gasteiger partial charge on any atom is -0.331 e. The third-order valence-electron chi connectivity index (χ3n) is 5.21. The van der Waals surface area contributed by atoms with E-state index in [0.29, 0.717) is 15.6 Å². The SMILES string of the molecule is CC(NC(=O)N(C)C1CCN(C)CC1)c1ccc(C#Cc2nccs2)c(Cl)c1Cl. The van der Waals surface area contributed by atoms with Crippen LogP contribution in [0.3, 0.4) is 0 Å². The number of hydrogen-bond donors (Lipinski definition) is 1. The summed E-state index contributed by atoms with van der Waals surface area (Å²) in [6.07, 6.45) is 3.67. The lowest BCUT2D eigenvalue weighted by molar-refractivity contribution is 0.146. The van der Waals surface area contributed by atoms with Crippen LogP contribution in [0.2, 0.25) is 10.0 Å². The number of halogens is 2. The third-order valence-corrected chi connectivity index (χ3v) is 6.80. The molecule has 29 heavy (non-hydrogen) atoms. The van der Waals surface area contributed by atoms with E-state index in [1.165, 1.54) is 11.3 Å². The minimum atomic E-state index is -0.276. The molecule has 2 aromatic rings. The quantitative estimate of drug-likeness (QED) is 0.692. The second-order valence-electron chi connectivity index (χ2n) is 7.23. The largest absolute Gasteiger partial charge is 0.331 e. The van der Waals surface area contributed by atoms with E-state index in [1.807, 2.05) is 31.5 Å². The molecule has 2 amide bonds. The van der Waals surface area contributed by atoms with Crippen LogP contribution in [-0.2, 0) is 0 Å². The molecule has 3 rings (SSSR count). The van der Waals surface area contributed by atoms with Gasteiger partial charge in [0.15, 0.2) is 5.01 Å². The van der Waals surface area contributed by atoms with Gasteiger partial charge in [0, 0.05) is 30.2 Å². The summed E-state index contributed by atoms with van der Waals surface area (Å²) in [6, 6.07) is 3.56. The average molecular weight is 451 g/mol. The summed E-state index contributed by atoms with van der Waals surface area (Å²) in [7, 11) is 3.96. The zero-order chi connectivity index (χ0) is 21.0. The Labute approximate surface area is 186 Å². The molecular weight excluding hydrogens is 427 g/mol. The van der Waals surface area contributed by atoms with E-state index in [0.717, 1.165) is 36.5 Å². The van der Waals surface area contributed by atoms with Crippen molar-refractivity contribution >= 4 is 40.6 Å². The fraction of sp³-hybridized carbons (Fsp3) is 0.429. The highest BCUT2D eigenvalue weighted by Gasteiger charge is 2.25. The second-order valence-corrected chi connectivity index (χ2v) is 8.88. The molecule has 0 saturated carbocycles. The van der Waals surface area contributed by atoms with Gasteiger partial charge in [-0.1, -0.05) is 35.2 Å². The lowest BCUT2D eigenvalue weighted by Crippen LogP contribution is -2.48. The van der Waals surface area contributed by atoms with E-state index in [2.05, 4.69) is 34.1 Å². The summed E-state index contributed by atoms with van der Waals surface area (Å²) in [5, 5.41) is 6.42. The van der Waals surface area contributed by atoms with Crippen molar-refractivity contribution in [3.63, 3.8) is 0 Å². The van der Waals surface area contributed by atoms with E-state index < -0.39 is 0 Å². The first-order valence-corrected chi connectivity index (χ1v) is 11.1. The van der Waals surface area contributed by atoms with Crippen LogP contribution in [0.5, 0.6) is 0 Å². The maximum absolute atomic E-state index is 12.7. The lowest BCUT2D eigenvalue weighted by atomic mass is 10.0. The van der Waals surface area contributed by atoms with Gasteiger partial charge >= 0.3 is 6.03 Å². The molecule has 154 valence electrons. The van der Waals surface area contributed by atoms with Crippen molar-refractivity contribution in [3.05, 3.63) is 49.9 Å². The molecule has 0 radical (unpaired) electrons. The first-order valence-electron chi connectivity index (χ1n) is 9.48. The molecule has 1 N–H and O–H groups in total. The smallest absolute Gasteiger partial charge is 0.317 e. The summed E-state index contributed by atoms with van der Waals surface area (Å²) < 4.78 is 0. The number of hydrogen-bond acceptors (Lipinski definition) is 4. The number of carbonyl (C=O) groups is 1. The van der Waals surface area contributed by atoms with Crippen molar-refractivity contribution < 1.29 is 4.79 Å². The Kier molecular flexibility index (Phi) is 7.42. The van der Waals surface area contributed by atoms with Crippen LogP contribution >= 0.6 is 34.5 Å². The highest BCUT2D eigenvalue weighted by Crippen LogP contribution is 2.33. The average Bonchev–Trinajstić information content (AvgIpc) is 3.22. The molecule has 2 heterocycles. The van der Waals surface area contributed by atoms with E-state index in [-0.39, 0.29) is 18.1 Å². The normalized spacial score (nSPS) is 16.0. The van der Waals surface area contributed by atoms with Gasteiger partial charge in [0.2, 0.25) is 0 Å². The second kappa shape index (κ2) is 9.82. The number of benzene rings is 1. The Morgan fingerprint density at radius 3 is 2.69 bits per heavy atom. The zero-order valence-corrected chi connectivity index (χ0v) is 19.0. The summed E-state index contributed by atoms with van der Waals surface area (Å²) in [5.74, 6) is 5.99. The van der Waals surface area contributed by atoms with Gasteiger partial charge in [-0.2, -0.15) is 0 Å². The number of thiazole rings is 1. The first kappa shape index (κ1) is 21.9. The molecule has 1 aliphatic heterocycles. The Morgan fingerprint density at radius 2 is 2.03 bits per heavy atom. The van der Waals surface area contributed by atoms with Crippen LogP contribution < -0.4 is 5.32 Å². The van der Waals surface area contributed by atoms with Crippen molar-refractivity contribution in [1.82, 2.24) is 20.1 Å². The van der Waals surface area contributed by atoms with Crippen LogP contribution in [0.1, 0.15) is 41.9 Å². The number of carbonyl (C=O) groups excluding carboxylic acids is 1. The van der Waals surface area contributed by atoms with Crippen LogP contribution in [-0.4, -0.2) is 54.0 Å². The lowest BCUT2D eigenvalue weighted by Gasteiger charge is -2.35. The first-order chi connectivity index (χ1) is 13.9. The number of urea groups is 1. The molecule has 1 saturated heterocycles. The van der Waals surface area contributed by atoms with Crippen LogP contribution in [0.4, 0.5) is 4.79 Å². The fourth-order valence-electron chi connectivity index (χ4n) is 3.31. The number of likely N-dealkylation sites (tertiary alicyclic amines) is 1. The Hall–Kier alpha value is -1.78. The predicted octanol–water partition coefficient (Wildman–Crippen LogP) is 4.65. The van der Waals surface area contributed by atoms with Crippen molar-refractivity contribution in [2.45, 2.75) is 31.8 Å². The monoisotopic (exact) mass is 450 g/mol. The molecule has 0 bridgehead atoms. The number of nitrogens with one attached hydrogen (secondary N) is 1. The van der Waals surface area contributed by atoms with Crippen molar-refractivity contribution in [3.8, 4) is 11.8 Å². The van der Waals surface area contributed by atoms with E-state index in [4.69, 9.17) is 23.2 Å². The maximum atomic E-state index is 12.7.